The summed E-state index contributed by atoms with van der Waals surface area (Å²) in [4.78, 5) is 0. The second-order valence-electron chi connectivity index (χ2n) is 6.46. The maximum absolute atomic E-state index is 6.01. The van der Waals surface area contributed by atoms with Crippen LogP contribution in [0, 0.1) is 0 Å². The van der Waals surface area contributed by atoms with Crippen molar-refractivity contribution in [3.05, 3.63) is 59.7 Å². The van der Waals surface area contributed by atoms with E-state index in [-0.39, 0.29) is 11.5 Å². The minimum atomic E-state index is 0.102. The molecule has 2 nitrogen and oxygen atoms in total. The highest BCUT2D eigenvalue weighted by molar-refractivity contribution is 5.36. The molecular weight excluding hydrogens is 258 g/mol. The summed E-state index contributed by atoms with van der Waals surface area (Å²) in [5.74, 6) is 1.70. The van der Waals surface area contributed by atoms with E-state index in [9.17, 15) is 0 Å². The molecule has 0 fully saturated rings. The molecule has 2 aromatic carbocycles. The SMILES string of the molecule is CC[C@@H](N)c1ccc(Oc2ccc(C(C)(C)C)cc2)cc1. The van der Waals surface area contributed by atoms with Gasteiger partial charge >= 0.3 is 0 Å². The fourth-order valence-corrected chi connectivity index (χ4v) is 2.18. The van der Waals surface area contributed by atoms with Crippen LogP contribution in [0.3, 0.4) is 0 Å². The van der Waals surface area contributed by atoms with Crippen LogP contribution < -0.4 is 10.5 Å². The summed E-state index contributed by atoms with van der Waals surface area (Å²) in [5.41, 5.74) is 8.63. The van der Waals surface area contributed by atoms with Gasteiger partial charge in [0.2, 0.25) is 0 Å². The van der Waals surface area contributed by atoms with Crippen LogP contribution in [-0.4, -0.2) is 0 Å². The summed E-state index contributed by atoms with van der Waals surface area (Å²) in [6.45, 7) is 8.71. The van der Waals surface area contributed by atoms with Gasteiger partial charge in [0, 0.05) is 6.04 Å². The van der Waals surface area contributed by atoms with E-state index in [4.69, 9.17) is 10.5 Å². The van der Waals surface area contributed by atoms with Gasteiger partial charge in [-0.15, -0.1) is 0 Å². The molecular formula is C19H25NO. The highest BCUT2D eigenvalue weighted by Crippen LogP contribution is 2.27. The summed E-state index contributed by atoms with van der Waals surface area (Å²) >= 11 is 0. The molecule has 112 valence electrons. The van der Waals surface area contributed by atoms with E-state index in [1.165, 1.54) is 5.56 Å². The zero-order valence-electron chi connectivity index (χ0n) is 13.4. The molecule has 0 aliphatic carbocycles. The molecule has 2 rings (SSSR count). The summed E-state index contributed by atoms with van der Waals surface area (Å²) in [5, 5.41) is 0. The van der Waals surface area contributed by atoms with Crippen molar-refractivity contribution in [3.63, 3.8) is 0 Å². The van der Waals surface area contributed by atoms with Crippen molar-refractivity contribution in [2.24, 2.45) is 5.73 Å². The number of nitrogens with two attached hydrogens (primary N) is 1. The van der Waals surface area contributed by atoms with Crippen LogP contribution in [-0.2, 0) is 5.41 Å². The Kier molecular flexibility index (Phi) is 4.69. The molecule has 0 amide bonds. The number of rotatable bonds is 4. The van der Waals surface area contributed by atoms with Gasteiger partial charge in [-0.3, -0.25) is 0 Å². The Morgan fingerprint density at radius 2 is 1.38 bits per heavy atom. The van der Waals surface area contributed by atoms with E-state index >= 15 is 0 Å². The Bertz CT molecular complexity index is 564. The van der Waals surface area contributed by atoms with E-state index in [2.05, 4.69) is 39.8 Å². The first-order chi connectivity index (χ1) is 9.90. The molecule has 0 saturated carbocycles. The highest BCUT2D eigenvalue weighted by Gasteiger charge is 2.13. The third-order valence-electron chi connectivity index (χ3n) is 3.70. The third kappa shape index (κ3) is 4.08. The molecule has 1 atom stereocenters. The number of ether oxygens (including phenoxy) is 1. The van der Waals surface area contributed by atoms with E-state index in [0.29, 0.717) is 0 Å². The van der Waals surface area contributed by atoms with E-state index in [0.717, 1.165) is 23.5 Å². The van der Waals surface area contributed by atoms with Gasteiger partial charge in [0.1, 0.15) is 11.5 Å². The number of hydrogen-bond acceptors (Lipinski definition) is 2. The van der Waals surface area contributed by atoms with Crippen molar-refractivity contribution in [2.45, 2.75) is 45.6 Å². The molecule has 0 aliphatic rings. The third-order valence-corrected chi connectivity index (χ3v) is 3.70. The van der Waals surface area contributed by atoms with Crippen LogP contribution in [0.5, 0.6) is 11.5 Å². The standard InChI is InChI=1S/C19H25NO/c1-5-18(20)14-6-10-16(11-7-14)21-17-12-8-15(9-13-17)19(2,3)4/h6-13,18H,5,20H2,1-4H3/t18-/m1/s1. The molecule has 0 radical (unpaired) electrons. The molecule has 0 bridgehead atoms. The Morgan fingerprint density at radius 1 is 0.905 bits per heavy atom. The van der Waals surface area contributed by atoms with Gasteiger partial charge in [-0.05, 0) is 47.2 Å². The first-order valence-electron chi connectivity index (χ1n) is 7.54. The van der Waals surface area contributed by atoms with E-state index in [1.807, 2.05) is 36.4 Å². The molecule has 0 aliphatic heterocycles. The zero-order chi connectivity index (χ0) is 15.5. The smallest absolute Gasteiger partial charge is 0.127 e. The molecule has 0 heterocycles. The fourth-order valence-electron chi connectivity index (χ4n) is 2.18. The Morgan fingerprint density at radius 3 is 1.81 bits per heavy atom. The van der Waals surface area contributed by atoms with Crippen LogP contribution in [0.15, 0.2) is 48.5 Å². The average molecular weight is 283 g/mol. The topological polar surface area (TPSA) is 35.2 Å². The van der Waals surface area contributed by atoms with Crippen molar-refractivity contribution in [3.8, 4) is 11.5 Å². The molecule has 0 aromatic heterocycles. The monoisotopic (exact) mass is 283 g/mol. The van der Waals surface area contributed by atoms with E-state index < -0.39 is 0 Å². The van der Waals surface area contributed by atoms with Crippen molar-refractivity contribution >= 4 is 0 Å². The normalized spacial score (nSPS) is 13.0. The lowest BCUT2D eigenvalue weighted by Crippen LogP contribution is -2.10. The molecule has 2 aromatic rings. The summed E-state index contributed by atoms with van der Waals surface area (Å²) < 4.78 is 5.87. The minimum Gasteiger partial charge on any atom is -0.457 e. The molecule has 0 unspecified atom stereocenters. The largest absolute Gasteiger partial charge is 0.457 e. The maximum Gasteiger partial charge on any atom is 0.127 e. The predicted octanol–water partition coefficient (Wildman–Crippen LogP) is 5.19. The number of hydrogen-bond donors (Lipinski definition) is 1. The van der Waals surface area contributed by atoms with Gasteiger partial charge in [-0.1, -0.05) is 52.0 Å². The van der Waals surface area contributed by atoms with Crippen LogP contribution in [0.25, 0.3) is 0 Å². The van der Waals surface area contributed by atoms with Gasteiger partial charge in [0.15, 0.2) is 0 Å². The highest BCUT2D eigenvalue weighted by atomic mass is 16.5. The molecule has 2 heteroatoms. The van der Waals surface area contributed by atoms with Crippen molar-refractivity contribution in [1.29, 1.82) is 0 Å². The van der Waals surface area contributed by atoms with Crippen LogP contribution >= 0.6 is 0 Å². The van der Waals surface area contributed by atoms with Gasteiger partial charge in [-0.25, -0.2) is 0 Å². The van der Waals surface area contributed by atoms with Gasteiger partial charge in [-0.2, -0.15) is 0 Å². The Hall–Kier alpha value is -1.80. The predicted molar refractivity (Wildman–Crippen MR) is 88.9 cm³/mol. The molecule has 0 saturated heterocycles. The minimum absolute atomic E-state index is 0.102. The maximum atomic E-state index is 6.01. The Labute approximate surface area is 127 Å². The summed E-state index contributed by atoms with van der Waals surface area (Å²) in [6.07, 6.45) is 0.939. The van der Waals surface area contributed by atoms with Gasteiger partial charge in [0.25, 0.3) is 0 Å². The van der Waals surface area contributed by atoms with E-state index in [1.54, 1.807) is 0 Å². The van der Waals surface area contributed by atoms with Crippen LogP contribution in [0.4, 0.5) is 0 Å². The van der Waals surface area contributed by atoms with Crippen molar-refractivity contribution in [1.82, 2.24) is 0 Å². The lowest BCUT2D eigenvalue weighted by molar-refractivity contribution is 0.481. The second kappa shape index (κ2) is 6.31. The molecule has 0 spiro atoms. The van der Waals surface area contributed by atoms with Crippen LogP contribution in [0.2, 0.25) is 0 Å². The van der Waals surface area contributed by atoms with Crippen molar-refractivity contribution < 1.29 is 4.74 Å². The molecule has 21 heavy (non-hydrogen) atoms. The Balaban J connectivity index is 2.08. The first kappa shape index (κ1) is 15.6. The van der Waals surface area contributed by atoms with Gasteiger partial charge in [0.05, 0.1) is 0 Å². The lowest BCUT2D eigenvalue weighted by atomic mass is 9.87. The lowest BCUT2D eigenvalue weighted by Gasteiger charge is -2.19. The van der Waals surface area contributed by atoms with Crippen molar-refractivity contribution in [2.75, 3.05) is 0 Å². The summed E-state index contributed by atoms with van der Waals surface area (Å²) in [7, 11) is 0. The van der Waals surface area contributed by atoms with Crippen LogP contribution in [0.1, 0.15) is 51.3 Å². The average Bonchev–Trinajstić information content (AvgIpc) is 2.47. The van der Waals surface area contributed by atoms with Gasteiger partial charge < -0.3 is 10.5 Å². The molecule has 2 N–H and O–H groups in total. The first-order valence-corrected chi connectivity index (χ1v) is 7.54. The summed E-state index contributed by atoms with van der Waals surface area (Å²) in [6, 6.07) is 16.4. The zero-order valence-corrected chi connectivity index (χ0v) is 13.4. The second-order valence-corrected chi connectivity index (χ2v) is 6.46. The fraction of sp³-hybridized carbons (Fsp3) is 0.368. The number of benzene rings is 2. The quantitative estimate of drug-likeness (QED) is 0.838.